The quantitative estimate of drug-likeness (QED) is 0.900. The number of hydrogen-bond donors (Lipinski definition) is 1. The van der Waals surface area contributed by atoms with E-state index in [-0.39, 0.29) is 5.54 Å². The number of piperazine rings is 1. The summed E-state index contributed by atoms with van der Waals surface area (Å²) in [5.74, 6) is 0. The molecule has 3 nitrogen and oxygen atoms in total. The minimum atomic E-state index is 0.0732. The van der Waals surface area contributed by atoms with Crippen molar-refractivity contribution < 1.29 is 0 Å². The zero-order chi connectivity index (χ0) is 14.9. The summed E-state index contributed by atoms with van der Waals surface area (Å²) in [6, 6.07) is 12.3. The van der Waals surface area contributed by atoms with E-state index in [0.29, 0.717) is 12.1 Å². The van der Waals surface area contributed by atoms with Crippen molar-refractivity contribution in [1.82, 2.24) is 15.1 Å². The second-order valence-electron chi connectivity index (χ2n) is 7.16. The van der Waals surface area contributed by atoms with Gasteiger partial charge in [-0.2, -0.15) is 0 Å². The minimum absolute atomic E-state index is 0.0732. The van der Waals surface area contributed by atoms with Crippen LogP contribution in [0, 0.1) is 0 Å². The number of piperidine rings is 1. The Labute approximate surface area is 129 Å². The summed E-state index contributed by atoms with van der Waals surface area (Å²) < 4.78 is 0. The van der Waals surface area contributed by atoms with Crippen LogP contribution in [0.15, 0.2) is 30.3 Å². The molecule has 2 saturated heterocycles. The highest BCUT2D eigenvalue weighted by Crippen LogP contribution is 2.29. The first-order valence-corrected chi connectivity index (χ1v) is 8.33. The van der Waals surface area contributed by atoms with E-state index in [2.05, 4.69) is 66.3 Å². The maximum absolute atomic E-state index is 3.79. The predicted molar refractivity (Wildman–Crippen MR) is 88.5 cm³/mol. The third-order valence-electron chi connectivity index (χ3n) is 5.33. The van der Waals surface area contributed by atoms with E-state index in [1.54, 1.807) is 0 Å². The number of nitrogens with one attached hydrogen (secondary N) is 1. The molecule has 3 unspecified atom stereocenters. The van der Waals surface area contributed by atoms with Gasteiger partial charge in [-0.1, -0.05) is 30.3 Å². The van der Waals surface area contributed by atoms with Crippen LogP contribution in [0.5, 0.6) is 0 Å². The maximum Gasteiger partial charge on any atom is 0.0535 e. The second-order valence-corrected chi connectivity index (χ2v) is 7.16. The van der Waals surface area contributed by atoms with Gasteiger partial charge in [0.25, 0.3) is 0 Å². The Balaban J connectivity index is 1.78. The minimum Gasteiger partial charge on any atom is -0.305 e. The fraction of sp³-hybridized carbons (Fsp3) is 0.667. The number of likely N-dealkylation sites (tertiary alicyclic amines) is 1. The van der Waals surface area contributed by atoms with Crippen LogP contribution < -0.4 is 5.32 Å². The number of benzene rings is 1. The maximum atomic E-state index is 3.79. The molecule has 2 aliphatic heterocycles. The van der Waals surface area contributed by atoms with Crippen molar-refractivity contribution in [3.8, 4) is 0 Å². The topological polar surface area (TPSA) is 18.5 Å². The fourth-order valence-electron chi connectivity index (χ4n) is 3.97. The van der Waals surface area contributed by atoms with E-state index >= 15 is 0 Å². The lowest BCUT2D eigenvalue weighted by molar-refractivity contribution is 0.0233. The summed E-state index contributed by atoms with van der Waals surface area (Å²) in [6.07, 6.45) is 2.68. The van der Waals surface area contributed by atoms with Crippen molar-refractivity contribution >= 4 is 0 Å². The average Bonchev–Trinajstić information content (AvgIpc) is 2.51. The first kappa shape index (κ1) is 15.0. The second kappa shape index (κ2) is 6.07. The van der Waals surface area contributed by atoms with Crippen LogP contribution in [0.1, 0.15) is 32.3 Å². The van der Waals surface area contributed by atoms with Gasteiger partial charge in [0, 0.05) is 31.7 Å². The smallest absolute Gasteiger partial charge is 0.0535 e. The SMILES string of the molecule is CC1CNC(C)(c2ccccc2)CN1C1CCCN(C)C1. The Kier molecular flexibility index (Phi) is 4.34. The monoisotopic (exact) mass is 287 g/mol. The molecule has 3 atom stereocenters. The summed E-state index contributed by atoms with van der Waals surface area (Å²) in [6.45, 7) is 9.38. The molecule has 21 heavy (non-hydrogen) atoms. The van der Waals surface area contributed by atoms with E-state index in [1.807, 2.05) is 0 Å². The molecule has 3 heteroatoms. The molecular formula is C18H29N3. The summed E-state index contributed by atoms with van der Waals surface area (Å²) in [4.78, 5) is 5.24. The third-order valence-corrected chi connectivity index (χ3v) is 5.33. The predicted octanol–water partition coefficient (Wildman–Crippen LogP) is 2.29. The van der Waals surface area contributed by atoms with Crippen LogP contribution in [0.25, 0.3) is 0 Å². The molecule has 0 bridgehead atoms. The van der Waals surface area contributed by atoms with Crippen molar-refractivity contribution in [3.05, 3.63) is 35.9 Å². The Morgan fingerprint density at radius 1 is 1.24 bits per heavy atom. The Morgan fingerprint density at radius 2 is 2.00 bits per heavy atom. The summed E-state index contributed by atoms with van der Waals surface area (Å²) in [5, 5.41) is 3.79. The van der Waals surface area contributed by atoms with Crippen LogP contribution in [-0.4, -0.2) is 55.1 Å². The first-order valence-electron chi connectivity index (χ1n) is 8.33. The van der Waals surface area contributed by atoms with Gasteiger partial charge in [-0.15, -0.1) is 0 Å². The molecule has 2 fully saturated rings. The van der Waals surface area contributed by atoms with Crippen molar-refractivity contribution in [2.24, 2.45) is 0 Å². The van der Waals surface area contributed by atoms with E-state index in [1.165, 1.54) is 31.5 Å². The van der Waals surface area contributed by atoms with Crippen LogP contribution in [-0.2, 0) is 5.54 Å². The van der Waals surface area contributed by atoms with Crippen LogP contribution >= 0.6 is 0 Å². The highest BCUT2D eigenvalue weighted by atomic mass is 15.3. The standard InChI is InChI=1S/C18H29N3/c1-15-12-19-18(2,16-8-5-4-6-9-16)14-21(15)17-10-7-11-20(3)13-17/h4-6,8-9,15,17,19H,7,10-14H2,1-3H3. The highest BCUT2D eigenvalue weighted by molar-refractivity contribution is 5.25. The van der Waals surface area contributed by atoms with E-state index in [9.17, 15) is 0 Å². The lowest BCUT2D eigenvalue weighted by atomic mass is 9.87. The first-order chi connectivity index (χ1) is 10.1. The van der Waals surface area contributed by atoms with Crippen LogP contribution in [0.3, 0.4) is 0 Å². The van der Waals surface area contributed by atoms with E-state index < -0.39 is 0 Å². The molecule has 1 aromatic carbocycles. The molecule has 0 amide bonds. The summed E-state index contributed by atoms with van der Waals surface area (Å²) in [7, 11) is 2.26. The van der Waals surface area contributed by atoms with Gasteiger partial charge in [-0.3, -0.25) is 4.90 Å². The molecule has 0 radical (unpaired) electrons. The van der Waals surface area contributed by atoms with Gasteiger partial charge < -0.3 is 10.2 Å². The van der Waals surface area contributed by atoms with Crippen molar-refractivity contribution in [3.63, 3.8) is 0 Å². The number of nitrogens with zero attached hydrogens (tertiary/aromatic N) is 2. The van der Waals surface area contributed by atoms with Crippen LogP contribution in [0.4, 0.5) is 0 Å². The third kappa shape index (κ3) is 3.15. The molecule has 0 spiro atoms. The van der Waals surface area contributed by atoms with Gasteiger partial charge in [0.1, 0.15) is 0 Å². The molecule has 0 aliphatic carbocycles. The van der Waals surface area contributed by atoms with E-state index in [0.717, 1.165) is 13.1 Å². The summed E-state index contributed by atoms with van der Waals surface area (Å²) in [5.41, 5.74) is 1.48. The Bertz CT molecular complexity index is 461. The van der Waals surface area contributed by atoms with Gasteiger partial charge in [0.15, 0.2) is 0 Å². The van der Waals surface area contributed by atoms with Gasteiger partial charge >= 0.3 is 0 Å². The molecule has 1 N–H and O–H groups in total. The zero-order valence-electron chi connectivity index (χ0n) is 13.7. The Morgan fingerprint density at radius 3 is 2.71 bits per heavy atom. The molecule has 0 aromatic heterocycles. The molecule has 3 rings (SSSR count). The largest absolute Gasteiger partial charge is 0.305 e. The highest BCUT2D eigenvalue weighted by Gasteiger charge is 2.38. The molecule has 1 aromatic rings. The van der Waals surface area contributed by atoms with Gasteiger partial charge in [0.05, 0.1) is 5.54 Å². The molecule has 116 valence electrons. The lowest BCUT2D eigenvalue weighted by Crippen LogP contribution is -2.64. The average molecular weight is 287 g/mol. The Hall–Kier alpha value is -0.900. The van der Waals surface area contributed by atoms with Crippen molar-refractivity contribution in [1.29, 1.82) is 0 Å². The summed E-state index contributed by atoms with van der Waals surface area (Å²) >= 11 is 0. The van der Waals surface area contributed by atoms with Gasteiger partial charge in [0.2, 0.25) is 0 Å². The molecule has 2 aliphatic rings. The number of rotatable bonds is 2. The fourth-order valence-corrected chi connectivity index (χ4v) is 3.97. The zero-order valence-corrected chi connectivity index (χ0v) is 13.7. The van der Waals surface area contributed by atoms with Gasteiger partial charge in [-0.25, -0.2) is 0 Å². The van der Waals surface area contributed by atoms with Crippen LogP contribution in [0.2, 0.25) is 0 Å². The lowest BCUT2D eigenvalue weighted by Gasteiger charge is -2.50. The number of hydrogen-bond acceptors (Lipinski definition) is 3. The van der Waals surface area contributed by atoms with Crippen molar-refractivity contribution in [2.45, 2.75) is 44.3 Å². The van der Waals surface area contributed by atoms with E-state index in [4.69, 9.17) is 0 Å². The number of likely N-dealkylation sites (N-methyl/N-ethyl adjacent to an activating group) is 1. The van der Waals surface area contributed by atoms with Gasteiger partial charge in [-0.05, 0) is 45.8 Å². The van der Waals surface area contributed by atoms with Crippen molar-refractivity contribution in [2.75, 3.05) is 33.2 Å². The molecular weight excluding hydrogens is 258 g/mol. The normalized spacial score (nSPS) is 35.8. The molecule has 2 heterocycles. The molecule has 0 saturated carbocycles.